The van der Waals surface area contributed by atoms with Crippen LogP contribution in [0.5, 0.6) is 0 Å². The number of fused-ring (bicyclic) bond motifs is 1. The Morgan fingerprint density at radius 3 is 2.27 bits per heavy atom. The van der Waals surface area contributed by atoms with Crippen molar-refractivity contribution in [3.05, 3.63) is 29.0 Å². The number of rotatable bonds is 1. The van der Waals surface area contributed by atoms with Crippen LogP contribution in [0.4, 0.5) is 5.69 Å². The summed E-state index contributed by atoms with van der Waals surface area (Å²) in [5, 5.41) is 0. The lowest BCUT2D eigenvalue weighted by Crippen LogP contribution is -2.53. The standard InChI is InChI=1S/C18H20BrN5O2/c19-13-11-14-16(21-12-13)15(3-4-20-14)22-7-9-24(10-8-22)18(26)17(25)23-5-1-2-6-23/h3-4,11-12H,1-2,5-10H2. The Hall–Kier alpha value is -2.22. The summed E-state index contributed by atoms with van der Waals surface area (Å²) < 4.78 is 0.894. The van der Waals surface area contributed by atoms with E-state index in [-0.39, 0.29) is 11.8 Å². The molecule has 2 aliphatic heterocycles. The summed E-state index contributed by atoms with van der Waals surface area (Å²) in [6, 6.07) is 3.90. The Bertz CT molecular complexity index is 845. The van der Waals surface area contributed by atoms with E-state index in [2.05, 4.69) is 30.8 Å². The average Bonchev–Trinajstić information content (AvgIpc) is 3.21. The second kappa shape index (κ2) is 7.19. The Balaban J connectivity index is 1.45. The average molecular weight is 418 g/mol. The van der Waals surface area contributed by atoms with E-state index in [0.717, 1.165) is 34.0 Å². The normalized spacial score (nSPS) is 17.8. The summed E-state index contributed by atoms with van der Waals surface area (Å²) in [7, 11) is 0. The van der Waals surface area contributed by atoms with E-state index < -0.39 is 0 Å². The van der Waals surface area contributed by atoms with Crippen LogP contribution >= 0.6 is 15.9 Å². The topological polar surface area (TPSA) is 69.6 Å². The van der Waals surface area contributed by atoms with Gasteiger partial charge in [-0.25, -0.2) is 0 Å². The van der Waals surface area contributed by atoms with Gasteiger partial charge in [-0.3, -0.25) is 19.6 Å². The molecule has 2 saturated heterocycles. The van der Waals surface area contributed by atoms with Gasteiger partial charge in [-0.2, -0.15) is 0 Å². The van der Waals surface area contributed by atoms with Gasteiger partial charge in [0.25, 0.3) is 0 Å². The fraction of sp³-hybridized carbons (Fsp3) is 0.444. The molecule has 0 unspecified atom stereocenters. The molecule has 8 heteroatoms. The van der Waals surface area contributed by atoms with Gasteiger partial charge < -0.3 is 14.7 Å². The van der Waals surface area contributed by atoms with E-state index in [1.54, 1.807) is 22.2 Å². The van der Waals surface area contributed by atoms with Gasteiger partial charge in [-0.1, -0.05) is 0 Å². The Labute approximate surface area is 160 Å². The zero-order chi connectivity index (χ0) is 18.1. The molecule has 2 fully saturated rings. The number of pyridine rings is 2. The van der Waals surface area contributed by atoms with Crippen LogP contribution < -0.4 is 4.90 Å². The molecule has 0 saturated carbocycles. The van der Waals surface area contributed by atoms with E-state index in [9.17, 15) is 9.59 Å². The maximum atomic E-state index is 12.5. The van der Waals surface area contributed by atoms with Crippen LogP contribution in [-0.2, 0) is 9.59 Å². The first-order valence-electron chi connectivity index (χ1n) is 8.87. The highest BCUT2D eigenvalue weighted by Gasteiger charge is 2.31. The van der Waals surface area contributed by atoms with Crippen molar-refractivity contribution in [2.45, 2.75) is 12.8 Å². The van der Waals surface area contributed by atoms with Crippen molar-refractivity contribution in [1.82, 2.24) is 19.8 Å². The molecule has 26 heavy (non-hydrogen) atoms. The Kier molecular flexibility index (Phi) is 4.76. The first-order valence-corrected chi connectivity index (χ1v) is 9.66. The van der Waals surface area contributed by atoms with E-state index in [4.69, 9.17) is 0 Å². The van der Waals surface area contributed by atoms with Crippen molar-refractivity contribution in [2.24, 2.45) is 0 Å². The first-order chi connectivity index (χ1) is 12.6. The van der Waals surface area contributed by atoms with Gasteiger partial charge in [0.05, 0.1) is 11.2 Å². The number of carbonyl (C=O) groups excluding carboxylic acids is 2. The van der Waals surface area contributed by atoms with Crippen LogP contribution in [0.15, 0.2) is 29.0 Å². The maximum Gasteiger partial charge on any atom is 0.312 e. The molecule has 7 nitrogen and oxygen atoms in total. The highest BCUT2D eigenvalue weighted by Crippen LogP contribution is 2.26. The highest BCUT2D eigenvalue weighted by molar-refractivity contribution is 9.10. The number of piperazine rings is 1. The van der Waals surface area contributed by atoms with Crippen LogP contribution in [0, 0.1) is 0 Å². The quantitative estimate of drug-likeness (QED) is 0.659. The number of nitrogens with zero attached hydrogens (tertiary/aromatic N) is 5. The van der Waals surface area contributed by atoms with Gasteiger partial charge in [0.1, 0.15) is 5.52 Å². The van der Waals surface area contributed by atoms with Crippen LogP contribution in [0.1, 0.15) is 12.8 Å². The molecule has 136 valence electrons. The number of hydrogen-bond acceptors (Lipinski definition) is 5. The number of hydrogen-bond donors (Lipinski definition) is 0. The minimum Gasteiger partial charge on any atom is -0.366 e. The molecule has 2 aromatic rings. The lowest BCUT2D eigenvalue weighted by molar-refractivity contribution is -0.151. The van der Waals surface area contributed by atoms with Gasteiger partial charge in [0.15, 0.2) is 0 Å². The number of anilines is 1. The molecule has 0 N–H and O–H groups in total. The number of aromatic nitrogens is 2. The van der Waals surface area contributed by atoms with Gasteiger partial charge in [-0.05, 0) is 40.9 Å². The van der Waals surface area contributed by atoms with Crippen molar-refractivity contribution in [3.63, 3.8) is 0 Å². The van der Waals surface area contributed by atoms with Gasteiger partial charge in [-0.15, -0.1) is 0 Å². The number of likely N-dealkylation sites (tertiary alicyclic amines) is 1. The van der Waals surface area contributed by atoms with Gasteiger partial charge >= 0.3 is 11.8 Å². The largest absolute Gasteiger partial charge is 0.366 e. The highest BCUT2D eigenvalue weighted by atomic mass is 79.9. The maximum absolute atomic E-state index is 12.5. The van der Waals surface area contributed by atoms with Crippen LogP contribution in [0.2, 0.25) is 0 Å². The Morgan fingerprint density at radius 2 is 1.58 bits per heavy atom. The van der Waals surface area contributed by atoms with Gasteiger partial charge in [0, 0.05) is 56.1 Å². The molecule has 0 aromatic carbocycles. The molecule has 0 radical (unpaired) electrons. The lowest BCUT2D eigenvalue weighted by atomic mass is 10.2. The summed E-state index contributed by atoms with van der Waals surface area (Å²) in [5.41, 5.74) is 2.70. The number of halogens is 1. The van der Waals surface area contributed by atoms with E-state index in [1.165, 1.54) is 0 Å². The van der Waals surface area contributed by atoms with Crippen molar-refractivity contribution in [2.75, 3.05) is 44.2 Å². The third kappa shape index (κ3) is 3.25. The number of amides is 2. The zero-order valence-corrected chi connectivity index (χ0v) is 16.0. The summed E-state index contributed by atoms with van der Waals surface area (Å²) in [5.74, 6) is -0.718. The van der Waals surface area contributed by atoms with Crippen molar-refractivity contribution >= 4 is 44.5 Å². The Morgan fingerprint density at radius 1 is 0.923 bits per heavy atom. The summed E-state index contributed by atoms with van der Waals surface area (Å²) in [6.45, 7) is 3.84. The third-order valence-electron chi connectivity index (χ3n) is 5.01. The smallest absolute Gasteiger partial charge is 0.312 e. The van der Waals surface area contributed by atoms with Crippen molar-refractivity contribution < 1.29 is 9.59 Å². The SMILES string of the molecule is O=C(C(=O)N1CCN(c2ccnc3cc(Br)cnc23)CC1)N1CCCC1. The van der Waals surface area contributed by atoms with Crippen LogP contribution in [0.25, 0.3) is 11.0 Å². The zero-order valence-electron chi connectivity index (χ0n) is 14.4. The molecule has 4 heterocycles. The second-order valence-electron chi connectivity index (χ2n) is 6.63. The van der Waals surface area contributed by atoms with Gasteiger partial charge in [0.2, 0.25) is 0 Å². The molecule has 2 aromatic heterocycles. The van der Waals surface area contributed by atoms with Crippen LogP contribution in [0.3, 0.4) is 0 Å². The minimum atomic E-state index is -0.367. The fourth-order valence-electron chi connectivity index (χ4n) is 3.59. The predicted octanol–water partition coefficient (Wildman–Crippen LogP) is 1.66. The molecule has 0 bridgehead atoms. The molecule has 2 aliphatic rings. The molecular weight excluding hydrogens is 398 g/mol. The molecule has 0 atom stereocenters. The molecular formula is C18H20BrN5O2. The van der Waals surface area contributed by atoms with Crippen molar-refractivity contribution in [1.29, 1.82) is 0 Å². The fourth-order valence-corrected chi connectivity index (χ4v) is 3.91. The van der Waals surface area contributed by atoms with E-state index >= 15 is 0 Å². The molecule has 0 spiro atoms. The molecule has 2 amide bonds. The number of carbonyl (C=O) groups is 2. The van der Waals surface area contributed by atoms with Crippen LogP contribution in [-0.4, -0.2) is 70.9 Å². The molecule has 0 aliphatic carbocycles. The van der Waals surface area contributed by atoms with Crippen molar-refractivity contribution in [3.8, 4) is 0 Å². The first kappa shape index (κ1) is 17.2. The summed E-state index contributed by atoms with van der Waals surface area (Å²) >= 11 is 3.42. The van der Waals surface area contributed by atoms with E-state index in [1.807, 2.05) is 12.1 Å². The third-order valence-corrected chi connectivity index (χ3v) is 5.44. The minimum absolute atomic E-state index is 0.350. The second-order valence-corrected chi connectivity index (χ2v) is 7.55. The monoisotopic (exact) mass is 417 g/mol. The predicted molar refractivity (Wildman–Crippen MR) is 102 cm³/mol. The lowest BCUT2D eigenvalue weighted by Gasteiger charge is -2.36. The van der Waals surface area contributed by atoms with E-state index in [0.29, 0.717) is 39.3 Å². The molecule has 4 rings (SSSR count). The summed E-state index contributed by atoms with van der Waals surface area (Å²) in [6.07, 6.45) is 5.53. The summed E-state index contributed by atoms with van der Waals surface area (Å²) in [4.78, 5) is 39.2.